The average Bonchev–Trinajstić information content (AvgIpc) is 3.22. The summed E-state index contributed by atoms with van der Waals surface area (Å²) in [5.41, 5.74) is 2.52. The Labute approximate surface area is 201 Å². The van der Waals surface area contributed by atoms with Crippen LogP contribution >= 0.6 is 11.6 Å². The number of carbonyl (C=O) groups is 1. The smallest absolute Gasteiger partial charge is 0.309 e. The van der Waals surface area contributed by atoms with Crippen molar-refractivity contribution in [1.29, 1.82) is 0 Å². The van der Waals surface area contributed by atoms with Gasteiger partial charge in [0.2, 0.25) is 0 Å². The Kier molecular flexibility index (Phi) is 8.12. The highest BCUT2D eigenvalue weighted by Crippen LogP contribution is 2.30. The van der Waals surface area contributed by atoms with E-state index in [2.05, 4.69) is 5.10 Å². The van der Waals surface area contributed by atoms with Gasteiger partial charge in [0.05, 0.1) is 12.3 Å². The van der Waals surface area contributed by atoms with E-state index < -0.39 is 16.2 Å². The maximum atomic E-state index is 13.5. The SMILES string of the molecule is CN(C)CCCN(C(=O)N1CC(c2ccccc2)C(c2ccc(Cl)cc2)=N1)S(=O)(=O)N(C)C. The highest BCUT2D eigenvalue weighted by molar-refractivity contribution is 7.87. The van der Waals surface area contributed by atoms with Gasteiger partial charge < -0.3 is 4.90 Å². The maximum Gasteiger partial charge on any atom is 0.355 e. The second-order valence-electron chi connectivity index (χ2n) is 8.34. The van der Waals surface area contributed by atoms with Crippen molar-refractivity contribution in [3.63, 3.8) is 0 Å². The van der Waals surface area contributed by atoms with E-state index in [0.29, 0.717) is 23.7 Å². The minimum Gasteiger partial charge on any atom is -0.309 e. The minimum atomic E-state index is -3.97. The van der Waals surface area contributed by atoms with E-state index in [1.54, 1.807) is 12.1 Å². The average molecular weight is 492 g/mol. The topological polar surface area (TPSA) is 76.5 Å². The molecule has 1 aliphatic rings. The Morgan fingerprint density at radius 1 is 1.03 bits per heavy atom. The first kappa shape index (κ1) is 25.2. The maximum absolute atomic E-state index is 13.5. The molecule has 0 aromatic heterocycles. The Bertz CT molecular complexity index is 1090. The lowest BCUT2D eigenvalue weighted by Gasteiger charge is -2.28. The summed E-state index contributed by atoms with van der Waals surface area (Å²) in [6.07, 6.45) is 0.509. The molecular formula is C23H30ClN5O3S. The molecule has 1 heterocycles. The van der Waals surface area contributed by atoms with Crippen LogP contribution in [0.4, 0.5) is 4.79 Å². The third-order valence-corrected chi connectivity index (χ3v) is 7.47. The molecule has 2 amide bonds. The van der Waals surface area contributed by atoms with Crippen LogP contribution in [0, 0.1) is 0 Å². The van der Waals surface area contributed by atoms with Crippen LogP contribution in [0.15, 0.2) is 59.7 Å². The summed E-state index contributed by atoms with van der Waals surface area (Å²) in [4.78, 5) is 15.4. The van der Waals surface area contributed by atoms with Crippen molar-refractivity contribution < 1.29 is 13.2 Å². The second kappa shape index (κ2) is 10.6. The molecule has 0 saturated heterocycles. The molecule has 0 saturated carbocycles. The second-order valence-corrected chi connectivity index (χ2v) is 10.8. The summed E-state index contributed by atoms with van der Waals surface area (Å²) < 4.78 is 27.9. The van der Waals surface area contributed by atoms with Crippen molar-refractivity contribution in [2.45, 2.75) is 12.3 Å². The van der Waals surface area contributed by atoms with Gasteiger partial charge in [-0.1, -0.05) is 54.1 Å². The Morgan fingerprint density at radius 3 is 2.24 bits per heavy atom. The molecule has 0 N–H and O–H groups in total. The van der Waals surface area contributed by atoms with Gasteiger partial charge in [-0.25, -0.2) is 14.1 Å². The van der Waals surface area contributed by atoms with Gasteiger partial charge in [0.25, 0.3) is 0 Å². The van der Waals surface area contributed by atoms with E-state index in [-0.39, 0.29) is 19.0 Å². The number of hydrogen-bond acceptors (Lipinski definition) is 5. The molecule has 1 unspecified atom stereocenters. The van der Waals surface area contributed by atoms with E-state index >= 15 is 0 Å². The number of halogens is 1. The van der Waals surface area contributed by atoms with Gasteiger partial charge in [-0.05, 0) is 50.3 Å². The van der Waals surface area contributed by atoms with Gasteiger partial charge in [-0.3, -0.25) is 0 Å². The number of amides is 2. The molecule has 2 aromatic rings. The third kappa shape index (κ3) is 5.92. The molecule has 0 bridgehead atoms. The van der Waals surface area contributed by atoms with Crippen molar-refractivity contribution in [2.75, 3.05) is 47.8 Å². The van der Waals surface area contributed by atoms with Crippen molar-refractivity contribution >= 4 is 33.6 Å². The quantitative estimate of drug-likeness (QED) is 0.567. The van der Waals surface area contributed by atoms with Gasteiger partial charge in [0.15, 0.2) is 0 Å². The Morgan fingerprint density at radius 2 is 1.67 bits per heavy atom. The molecule has 1 atom stereocenters. The third-order valence-electron chi connectivity index (χ3n) is 5.40. The largest absolute Gasteiger partial charge is 0.355 e. The van der Waals surface area contributed by atoms with E-state index in [0.717, 1.165) is 19.7 Å². The Hall–Kier alpha value is -2.46. The summed E-state index contributed by atoms with van der Waals surface area (Å²) in [5, 5.41) is 6.47. The summed E-state index contributed by atoms with van der Waals surface area (Å²) >= 11 is 6.06. The molecule has 10 heteroatoms. The fourth-order valence-corrected chi connectivity index (χ4v) is 4.79. The minimum absolute atomic E-state index is 0.0653. The van der Waals surface area contributed by atoms with Crippen molar-refractivity contribution in [3.05, 3.63) is 70.7 Å². The first-order valence-corrected chi connectivity index (χ1v) is 12.4. The van der Waals surface area contributed by atoms with Crippen LogP contribution in [0.2, 0.25) is 5.02 Å². The molecule has 178 valence electrons. The van der Waals surface area contributed by atoms with Crippen molar-refractivity contribution in [3.8, 4) is 0 Å². The van der Waals surface area contributed by atoms with Crippen LogP contribution in [0.5, 0.6) is 0 Å². The molecule has 3 rings (SSSR count). The van der Waals surface area contributed by atoms with Gasteiger partial charge in [-0.15, -0.1) is 0 Å². The molecule has 0 spiro atoms. The first-order valence-electron chi connectivity index (χ1n) is 10.7. The summed E-state index contributed by atoms with van der Waals surface area (Å²) in [7, 11) is 2.67. The van der Waals surface area contributed by atoms with Gasteiger partial charge in [0, 0.05) is 31.6 Å². The monoisotopic (exact) mass is 491 g/mol. The lowest BCUT2D eigenvalue weighted by Crippen LogP contribution is -2.49. The number of carbonyl (C=O) groups excluding carboxylic acids is 1. The summed E-state index contributed by atoms with van der Waals surface area (Å²) in [6, 6.07) is 16.4. The van der Waals surface area contributed by atoms with E-state index in [1.807, 2.05) is 61.5 Å². The molecule has 0 fully saturated rings. The Balaban J connectivity index is 1.96. The number of nitrogens with zero attached hydrogens (tertiary/aromatic N) is 5. The summed E-state index contributed by atoms with van der Waals surface area (Å²) in [5.74, 6) is -0.193. The predicted octanol–water partition coefficient (Wildman–Crippen LogP) is 3.32. The molecule has 8 nitrogen and oxygen atoms in total. The van der Waals surface area contributed by atoms with Crippen LogP contribution in [0.25, 0.3) is 0 Å². The normalized spacial score (nSPS) is 16.4. The standard InChI is InChI=1S/C23H30ClN5O3S/c1-26(2)15-8-16-29(33(31,32)27(3)4)23(30)28-17-21(18-9-6-5-7-10-18)22(25-28)19-11-13-20(24)14-12-19/h5-7,9-14,21H,8,15-17H2,1-4H3. The predicted molar refractivity (Wildman–Crippen MR) is 132 cm³/mol. The molecule has 0 aliphatic carbocycles. The highest BCUT2D eigenvalue weighted by atomic mass is 35.5. The van der Waals surface area contributed by atoms with Crippen LogP contribution in [0.3, 0.4) is 0 Å². The number of hydrogen-bond donors (Lipinski definition) is 0. The number of urea groups is 1. The summed E-state index contributed by atoms with van der Waals surface area (Å²) in [6.45, 7) is 0.961. The van der Waals surface area contributed by atoms with Crippen molar-refractivity contribution in [1.82, 2.24) is 18.5 Å². The zero-order chi connectivity index (χ0) is 24.2. The van der Waals surface area contributed by atoms with Crippen LogP contribution < -0.4 is 0 Å². The van der Waals surface area contributed by atoms with Gasteiger partial charge in [0.1, 0.15) is 0 Å². The van der Waals surface area contributed by atoms with Gasteiger partial charge >= 0.3 is 16.2 Å². The number of benzene rings is 2. The number of rotatable bonds is 8. The van der Waals surface area contributed by atoms with Crippen LogP contribution in [0.1, 0.15) is 23.5 Å². The fraction of sp³-hybridized carbons (Fsp3) is 0.391. The molecular weight excluding hydrogens is 462 g/mol. The first-order chi connectivity index (χ1) is 15.6. The lowest BCUT2D eigenvalue weighted by molar-refractivity contribution is 0.180. The lowest BCUT2D eigenvalue weighted by atomic mass is 9.91. The zero-order valence-corrected chi connectivity index (χ0v) is 20.9. The number of hydrazone groups is 1. The van der Waals surface area contributed by atoms with E-state index in [4.69, 9.17) is 11.6 Å². The molecule has 2 aromatic carbocycles. The molecule has 0 radical (unpaired) electrons. The zero-order valence-electron chi connectivity index (χ0n) is 19.3. The fourth-order valence-electron chi connectivity index (χ4n) is 3.62. The molecule has 1 aliphatic heterocycles. The van der Waals surface area contributed by atoms with Crippen molar-refractivity contribution in [2.24, 2.45) is 5.10 Å². The van der Waals surface area contributed by atoms with Crippen LogP contribution in [-0.4, -0.2) is 86.5 Å². The van der Waals surface area contributed by atoms with Crippen LogP contribution in [-0.2, 0) is 10.2 Å². The van der Waals surface area contributed by atoms with E-state index in [9.17, 15) is 13.2 Å². The molecule has 33 heavy (non-hydrogen) atoms. The highest BCUT2D eigenvalue weighted by Gasteiger charge is 2.38. The van der Waals surface area contributed by atoms with Gasteiger partial charge in [-0.2, -0.15) is 17.8 Å². The van der Waals surface area contributed by atoms with E-state index in [1.165, 1.54) is 19.1 Å².